The molecule has 4 nitrogen and oxygen atoms in total. The van der Waals surface area contributed by atoms with Gasteiger partial charge in [-0.05, 0) is 46.1 Å². The van der Waals surface area contributed by atoms with Gasteiger partial charge in [0.1, 0.15) is 4.47 Å². The average molecular weight is 339 g/mol. The Balaban J connectivity index is 2.40. The Hall–Kier alpha value is -1.64. The molecule has 0 N–H and O–H groups in total. The summed E-state index contributed by atoms with van der Waals surface area (Å²) in [5, 5.41) is 8.97. The molecule has 0 radical (unpaired) electrons. The molecule has 1 heterocycles. The van der Waals surface area contributed by atoms with E-state index < -0.39 is 0 Å². The van der Waals surface area contributed by atoms with Crippen LogP contribution in [0.4, 0.5) is 0 Å². The van der Waals surface area contributed by atoms with Crippen LogP contribution >= 0.6 is 27.5 Å². The predicted molar refractivity (Wildman–Crippen MR) is 76.2 cm³/mol. The summed E-state index contributed by atoms with van der Waals surface area (Å²) in [6.07, 6.45) is 1.41. The fourth-order valence-electron chi connectivity index (χ4n) is 1.68. The lowest BCUT2D eigenvalue weighted by Crippen LogP contribution is -2.22. The molecule has 2 rings (SSSR count). The molecule has 2 aromatic rings. The molecule has 0 amide bonds. The monoisotopic (exact) mass is 337 g/mol. The Morgan fingerprint density at radius 1 is 1.53 bits per heavy atom. The predicted octanol–water partition coefficient (Wildman–Crippen LogP) is 2.89. The minimum atomic E-state index is -0.233. The zero-order valence-corrected chi connectivity index (χ0v) is 12.4. The number of hydrogen-bond donors (Lipinski definition) is 0. The maximum atomic E-state index is 12.0. The zero-order valence-electron chi connectivity index (χ0n) is 10.0. The van der Waals surface area contributed by atoms with Crippen molar-refractivity contribution in [3.63, 3.8) is 0 Å². The van der Waals surface area contributed by atoms with Gasteiger partial charge in [0.15, 0.2) is 5.15 Å². The Bertz CT molecular complexity index is 734. The van der Waals surface area contributed by atoms with E-state index in [0.29, 0.717) is 12.1 Å². The largest absolute Gasteiger partial charge is 0.294 e. The average Bonchev–Trinajstić information content (AvgIpc) is 2.41. The molecule has 1 aromatic carbocycles. The van der Waals surface area contributed by atoms with E-state index in [1.54, 1.807) is 12.1 Å². The van der Waals surface area contributed by atoms with Crippen LogP contribution in [0.5, 0.6) is 0 Å². The molecule has 0 atom stereocenters. The van der Waals surface area contributed by atoms with Gasteiger partial charge in [-0.1, -0.05) is 17.7 Å². The quantitative estimate of drug-likeness (QED) is 0.791. The second kappa shape index (κ2) is 5.55. The van der Waals surface area contributed by atoms with Crippen molar-refractivity contribution in [2.45, 2.75) is 13.5 Å². The Morgan fingerprint density at radius 2 is 2.26 bits per heavy atom. The molecule has 0 aliphatic heterocycles. The molecule has 0 aliphatic carbocycles. The molecule has 96 valence electrons. The first-order valence-electron chi connectivity index (χ1n) is 5.43. The van der Waals surface area contributed by atoms with Gasteiger partial charge in [0, 0.05) is 0 Å². The summed E-state index contributed by atoms with van der Waals surface area (Å²) in [4.78, 5) is 15.9. The molecule has 19 heavy (non-hydrogen) atoms. The number of aryl methyl sites for hydroxylation is 1. The highest BCUT2D eigenvalue weighted by molar-refractivity contribution is 9.10. The van der Waals surface area contributed by atoms with Gasteiger partial charge in [-0.15, -0.1) is 0 Å². The maximum absolute atomic E-state index is 12.0. The van der Waals surface area contributed by atoms with Gasteiger partial charge in [0.2, 0.25) is 0 Å². The van der Waals surface area contributed by atoms with Crippen LogP contribution in [0.15, 0.2) is 33.8 Å². The van der Waals surface area contributed by atoms with E-state index >= 15 is 0 Å². The molecular formula is C13H9BrClN3O. The molecule has 0 aliphatic rings. The normalized spacial score (nSPS) is 10.2. The maximum Gasteiger partial charge on any atom is 0.269 e. The van der Waals surface area contributed by atoms with Gasteiger partial charge in [-0.25, -0.2) is 4.98 Å². The van der Waals surface area contributed by atoms with E-state index in [-0.39, 0.29) is 15.2 Å². The van der Waals surface area contributed by atoms with Gasteiger partial charge in [0.05, 0.1) is 24.5 Å². The lowest BCUT2D eigenvalue weighted by atomic mass is 10.1. The number of hydrogen-bond acceptors (Lipinski definition) is 3. The van der Waals surface area contributed by atoms with Crippen molar-refractivity contribution in [3.05, 3.63) is 61.2 Å². The van der Waals surface area contributed by atoms with Crippen LogP contribution in [0.2, 0.25) is 5.15 Å². The van der Waals surface area contributed by atoms with E-state index in [1.807, 2.05) is 13.0 Å². The highest BCUT2D eigenvalue weighted by Crippen LogP contribution is 2.15. The van der Waals surface area contributed by atoms with Crippen LogP contribution in [0, 0.1) is 18.3 Å². The van der Waals surface area contributed by atoms with Crippen LogP contribution in [0.25, 0.3) is 0 Å². The summed E-state index contributed by atoms with van der Waals surface area (Å²) >= 11 is 8.87. The lowest BCUT2D eigenvalue weighted by molar-refractivity contribution is 0.727. The van der Waals surface area contributed by atoms with E-state index in [1.165, 1.54) is 10.9 Å². The smallest absolute Gasteiger partial charge is 0.269 e. The molecule has 0 saturated carbocycles. The van der Waals surface area contributed by atoms with Crippen molar-refractivity contribution in [1.82, 2.24) is 9.55 Å². The molecule has 0 bridgehead atoms. The van der Waals surface area contributed by atoms with Gasteiger partial charge in [0.25, 0.3) is 5.56 Å². The number of nitriles is 1. The van der Waals surface area contributed by atoms with Crippen molar-refractivity contribution in [2.75, 3.05) is 0 Å². The third-order valence-electron chi connectivity index (χ3n) is 2.75. The summed E-state index contributed by atoms with van der Waals surface area (Å²) in [6, 6.07) is 7.44. The van der Waals surface area contributed by atoms with E-state index in [9.17, 15) is 4.79 Å². The number of aromatic nitrogens is 2. The fourth-order valence-corrected chi connectivity index (χ4v) is 2.14. The van der Waals surface area contributed by atoms with Crippen molar-refractivity contribution in [2.24, 2.45) is 0 Å². The SMILES string of the molecule is Cc1cc(C#N)ccc1Cn1cnc(Cl)c(Br)c1=O. The molecule has 1 aromatic heterocycles. The summed E-state index contributed by atoms with van der Waals surface area (Å²) in [5.41, 5.74) is 2.28. The molecule has 0 spiro atoms. The molecule has 6 heteroatoms. The Labute approximate surface area is 123 Å². The van der Waals surface area contributed by atoms with Crippen molar-refractivity contribution >= 4 is 27.5 Å². The standard InChI is InChI=1S/C13H9BrClN3O/c1-8-4-9(5-16)2-3-10(8)6-18-7-17-12(15)11(14)13(18)19/h2-4,7H,6H2,1H3. The first-order valence-corrected chi connectivity index (χ1v) is 6.60. The summed E-state index contributed by atoms with van der Waals surface area (Å²) in [5.74, 6) is 0. The Kier molecular flexibility index (Phi) is 4.03. The molecule has 0 unspecified atom stereocenters. The summed E-state index contributed by atoms with van der Waals surface area (Å²) < 4.78 is 1.72. The highest BCUT2D eigenvalue weighted by Gasteiger charge is 2.08. The van der Waals surface area contributed by atoms with E-state index in [2.05, 4.69) is 27.0 Å². The van der Waals surface area contributed by atoms with Crippen molar-refractivity contribution in [1.29, 1.82) is 5.26 Å². The van der Waals surface area contributed by atoms with Gasteiger partial charge >= 0.3 is 0 Å². The van der Waals surface area contributed by atoms with E-state index in [4.69, 9.17) is 16.9 Å². The number of nitrogens with zero attached hydrogens (tertiary/aromatic N) is 3. The summed E-state index contributed by atoms with van der Waals surface area (Å²) in [7, 11) is 0. The topological polar surface area (TPSA) is 58.7 Å². The Morgan fingerprint density at radius 3 is 2.89 bits per heavy atom. The van der Waals surface area contributed by atoms with Crippen LogP contribution in [0.3, 0.4) is 0 Å². The minimum absolute atomic E-state index is 0.151. The van der Waals surface area contributed by atoms with Gasteiger partial charge in [-0.3, -0.25) is 9.36 Å². The third-order valence-corrected chi connectivity index (χ3v) is 3.98. The molecule has 0 saturated heterocycles. The van der Waals surface area contributed by atoms with Crippen LogP contribution in [0.1, 0.15) is 16.7 Å². The van der Waals surface area contributed by atoms with Crippen molar-refractivity contribution < 1.29 is 0 Å². The number of benzene rings is 1. The van der Waals surface area contributed by atoms with Gasteiger partial charge < -0.3 is 0 Å². The van der Waals surface area contributed by atoms with E-state index in [0.717, 1.165) is 11.1 Å². The molecule has 0 fully saturated rings. The highest BCUT2D eigenvalue weighted by atomic mass is 79.9. The third kappa shape index (κ3) is 2.86. The van der Waals surface area contributed by atoms with Crippen LogP contribution in [-0.4, -0.2) is 9.55 Å². The fraction of sp³-hybridized carbons (Fsp3) is 0.154. The second-order valence-corrected chi connectivity index (χ2v) is 5.19. The second-order valence-electron chi connectivity index (χ2n) is 4.04. The van der Waals surface area contributed by atoms with Gasteiger partial charge in [-0.2, -0.15) is 5.26 Å². The summed E-state index contributed by atoms with van der Waals surface area (Å²) in [6.45, 7) is 2.29. The first-order chi connectivity index (χ1) is 9.02. The number of rotatable bonds is 2. The zero-order chi connectivity index (χ0) is 14.0. The minimum Gasteiger partial charge on any atom is -0.294 e. The first kappa shape index (κ1) is 13.8. The van der Waals surface area contributed by atoms with Crippen molar-refractivity contribution in [3.8, 4) is 6.07 Å². The van der Waals surface area contributed by atoms with Crippen LogP contribution < -0.4 is 5.56 Å². The number of halogens is 2. The lowest BCUT2D eigenvalue weighted by Gasteiger charge is -2.09. The molecular weight excluding hydrogens is 330 g/mol. The van der Waals surface area contributed by atoms with Crippen LogP contribution in [-0.2, 0) is 6.54 Å².